The first-order valence-corrected chi connectivity index (χ1v) is 9.61. The number of nitrogens with zero attached hydrogens (tertiary/aromatic N) is 1. The normalized spacial score (nSPS) is 20.9. The molecule has 1 aromatic carbocycles. The van der Waals surface area contributed by atoms with Gasteiger partial charge in [0.05, 0.1) is 18.8 Å². The molecule has 7 nitrogen and oxygen atoms in total. The molecular weight excluding hydrogens is 362 g/mol. The van der Waals surface area contributed by atoms with Crippen LogP contribution in [0.25, 0.3) is 0 Å². The second-order valence-corrected chi connectivity index (χ2v) is 8.25. The fraction of sp³-hybridized carbons (Fsp3) is 0.619. The molecule has 1 saturated heterocycles. The number of aliphatic hydroxyl groups is 1. The monoisotopic (exact) mass is 393 g/mol. The standard InChI is InChI=1S/C21H31NO6/c1-14(2)27-16-11-17(22(12-16)20(25)28-21(3,4)5)19(24)26-13-18(23)15-9-7-6-8-10-15/h6-10,14,16-18,23H,11-13H2,1-5H3/t16-,17+,18?/m1/s1. The lowest BCUT2D eigenvalue weighted by molar-refractivity contribution is -0.152. The van der Waals surface area contributed by atoms with Crippen LogP contribution in [0.2, 0.25) is 0 Å². The van der Waals surface area contributed by atoms with E-state index in [-0.39, 0.29) is 25.4 Å². The Labute approximate surface area is 166 Å². The van der Waals surface area contributed by atoms with Gasteiger partial charge in [0.1, 0.15) is 24.4 Å². The number of rotatable bonds is 6. The molecule has 0 bridgehead atoms. The Morgan fingerprint density at radius 3 is 2.43 bits per heavy atom. The summed E-state index contributed by atoms with van der Waals surface area (Å²) in [5.74, 6) is -0.573. The quantitative estimate of drug-likeness (QED) is 0.748. The summed E-state index contributed by atoms with van der Waals surface area (Å²) in [4.78, 5) is 26.6. The zero-order chi connectivity index (χ0) is 20.9. The van der Waals surface area contributed by atoms with Gasteiger partial charge in [-0.25, -0.2) is 9.59 Å². The number of hydrogen-bond acceptors (Lipinski definition) is 6. The van der Waals surface area contributed by atoms with Gasteiger partial charge in [-0.15, -0.1) is 0 Å². The van der Waals surface area contributed by atoms with Crippen LogP contribution in [0, 0.1) is 0 Å². The Morgan fingerprint density at radius 2 is 1.86 bits per heavy atom. The van der Waals surface area contributed by atoms with E-state index in [0.717, 1.165) is 0 Å². The molecule has 0 saturated carbocycles. The van der Waals surface area contributed by atoms with Crippen molar-refractivity contribution in [2.45, 2.75) is 71.0 Å². The van der Waals surface area contributed by atoms with Gasteiger partial charge in [-0.3, -0.25) is 4.90 Å². The fourth-order valence-corrected chi connectivity index (χ4v) is 3.06. The van der Waals surface area contributed by atoms with Crippen molar-refractivity contribution in [3.05, 3.63) is 35.9 Å². The lowest BCUT2D eigenvalue weighted by atomic mass is 10.1. The lowest BCUT2D eigenvalue weighted by Gasteiger charge is -2.27. The van der Waals surface area contributed by atoms with Gasteiger partial charge >= 0.3 is 12.1 Å². The number of benzene rings is 1. The highest BCUT2D eigenvalue weighted by molar-refractivity contribution is 5.82. The zero-order valence-corrected chi connectivity index (χ0v) is 17.3. The minimum atomic E-state index is -0.927. The van der Waals surface area contributed by atoms with Crippen molar-refractivity contribution in [3.8, 4) is 0 Å². The van der Waals surface area contributed by atoms with Crippen LogP contribution in [0.5, 0.6) is 0 Å². The maximum Gasteiger partial charge on any atom is 0.411 e. The Balaban J connectivity index is 2.03. The third-order valence-electron chi connectivity index (χ3n) is 4.20. The Kier molecular flexibility index (Phi) is 7.43. The molecule has 1 aromatic rings. The molecule has 0 aliphatic carbocycles. The second kappa shape index (κ2) is 9.39. The van der Waals surface area contributed by atoms with Crippen LogP contribution in [0.3, 0.4) is 0 Å². The molecule has 156 valence electrons. The summed E-state index contributed by atoms with van der Waals surface area (Å²) in [5, 5.41) is 10.2. The predicted octanol–water partition coefficient (Wildman–Crippen LogP) is 3.07. The minimum Gasteiger partial charge on any atom is -0.461 e. The molecule has 1 aliphatic rings. The van der Waals surface area contributed by atoms with Gasteiger partial charge in [-0.1, -0.05) is 30.3 Å². The lowest BCUT2D eigenvalue weighted by Crippen LogP contribution is -2.44. The van der Waals surface area contributed by atoms with Gasteiger partial charge in [0.15, 0.2) is 0 Å². The molecule has 28 heavy (non-hydrogen) atoms. The highest BCUT2D eigenvalue weighted by Gasteiger charge is 2.43. The average Bonchev–Trinajstić information content (AvgIpc) is 3.02. The van der Waals surface area contributed by atoms with Gasteiger partial charge < -0.3 is 19.3 Å². The van der Waals surface area contributed by atoms with Crippen LogP contribution in [0.4, 0.5) is 4.79 Å². The van der Waals surface area contributed by atoms with Crippen molar-refractivity contribution < 1.29 is 28.9 Å². The summed E-state index contributed by atoms with van der Waals surface area (Å²) < 4.78 is 16.5. The number of ether oxygens (including phenoxy) is 3. The molecule has 0 radical (unpaired) electrons. The summed E-state index contributed by atoms with van der Waals surface area (Å²) in [6, 6.07) is 8.15. The number of carbonyl (C=O) groups excluding carboxylic acids is 2. The summed E-state index contributed by atoms with van der Waals surface area (Å²) >= 11 is 0. The molecule has 7 heteroatoms. The maximum absolute atomic E-state index is 12.7. The van der Waals surface area contributed by atoms with E-state index in [4.69, 9.17) is 14.2 Å². The molecular formula is C21H31NO6. The zero-order valence-electron chi connectivity index (χ0n) is 17.3. The second-order valence-electron chi connectivity index (χ2n) is 8.25. The van der Waals surface area contributed by atoms with Crippen LogP contribution in [0.1, 0.15) is 52.7 Å². The van der Waals surface area contributed by atoms with E-state index in [1.54, 1.807) is 45.0 Å². The molecule has 0 spiro atoms. The molecule has 1 N–H and O–H groups in total. The Hall–Kier alpha value is -2.12. The molecule has 1 unspecified atom stereocenters. The number of carbonyl (C=O) groups is 2. The first kappa shape index (κ1) is 22.2. The molecule has 1 heterocycles. The van der Waals surface area contributed by atoms with Crippen LogP contribution in [0.15, 0.2) is 30.3 Å². The molecule has 1 amide bonds. The van der Waals surface area contributed by atoms with E-state index in [0.29, 0.717) is 12.0 Å². The van der Waals surface area contributed by atoms with E-state index in [2.05, 4.69) is 0 Å². The van der Waals surface area contributed by atoms with Crippen LogP contribution < -0.4 is 0 Å². The molecule has 1 aliphatic heterocycles. The number of esters is 1. The van der Waals surface area contributed by atoms with E-state index in [1.807, 2.05) is 19.9 Å². The highest BCUT2D eigenvalue weighted by atomic mass is 16.6. The fourth-order valence-electron chi connectivity index (χ4n) is 3.06. The van der Waals surface area contributed by atoms with Crippen LogP contribution in [-0.4, -0.2) is 59.1 Å². The van der Waals surface area contributed by atoms with Crippen molar-refractivity contribution in [2.75, 3.05) is 13.2 Å². The van der Waals surface area contributed by atoms with Crippen molar-refractivity contribution in [1.29, 1.82) is 0 Å². The highest BCUT2D eigenvalue weighted by Crippen LogP contribution is 2.25. The number of hydrogen-bond donors (Lipinski definition) is 1. The third-order valence-corrected chi connectivity index (χ3v) is 4.20. The molecule has 2 rings (SSSR count). The maximum atomic E-state index is 12.7. The topological polar surface area (TPSA) is 85.3 Å². The summed E-state index contributed by atoms with van der Waals surface area (Å²) in [6.45, 7) is 9.19. The van der Waals surface area contributed by atoms with Gasteiger partial charge in [-0.2, -0.15) is 0 Å². The number of amides is 1. The number of likely N-dealkylation sites (tertiary alicyclic amines) is 1. The summed E-state index contributed by atoms with van der Waals surface area (Å²) in [6.07, 6.45) is -1.47. The van der Waals surface area contributed by atoms with Crippen molar-refractivity contribution in [1.82, 2.24) is 4.90 Å². The largest absolute Gasteiger partial charge is 0.461 e. The summed E-state index contributed by atoms with van der Waals surface area (Å²) in [7, 11) is 0. The molecule has 3 atom stereocenters. The summed E-state index contributed by atoms with van der Waals surface area (Å²) in [5.41, 5.74) is -0.0156. The van der Waals surface area contributed by atoms with Crippen molar-refractivity contribution >= 4 is 12.1 Å². The third kappa shape index (κ3) is 6.49. The first-order valence-electron chi connectivity index (χ1n) is 9.61. The van der Waals surface area contributed by atoms with Crippen LogP contribution >= 0.6 is 0 Å². The van der Waals surface area contributed by atoms with Gasteiger partial charge in [-0.05, 0) is 40.2 Å². The van der Waals surface area contributed by atoms with E-state index < -0.39 is 29.8 Å². The molecule has 0 aromatic heterocycles. The average molecular weight is 393 g/mol. The van der Waals surface area contributed by atoms with E-state index in [1.165, 1.54) is 4.90 Å². The smallest absolute Gasteiger partial charge is 0.411 e. The van der Waals surface area contributed by atoms with E-state index in [9.17, 15) is 14.7 Å². The Bertz CT molecular complexity index is 655. The van der Waals surface area contributed by atoms with Gasteiger partial charge in [0.25, 0.3) is 0 Å². The van der Waals surface area contributed by atoms with Gasteiger partial charge in [0.2, 0.25) is 0 Å². The first-order chi connectivity index (χ1) is 13.1. The van der Waals surface area contributed by atoms with Crippen molar-refractivity contribution in [2.24, 2.45) is 0 Å². The minimum absolute atomic E-state index is 0.0276. The Morgan fingerprint density at radius 1 is 1.21 bits per heavy atom. The SMILES string of the molecule is CC(C)O[C@@H]1C[C@@H](C(=O)OCC(O)c2ccccc2)N(C(=O)OC(C)(C)C)C1. The van der Waals surface area contributed by atoms with E-state index >= 15 is 0 Å². The van der Waals surface area contributed by atoms with Gasteiger partial charge in [0, 0.05) is 6.42 Å². The predicted molar refractivity (Wildman–Crippen MR) is 104 cm³/mol. The van der Waals surface area contributed by atoms with Crippen LogP contribution in [-0.2, 0) is 19.0 Å². The van der Waals surface area contributed by atoms with Crippen molar-refractivity contribution in [3.63, 3.8) is 0 Å². The molecule has 1 fully saturated rings. The number of aliphatic hydroxyl groups excluding tert-OH is 1.